The highest BCUT2D eigenvalue weighted by Gasteiger charge is 2.06. The molecule has 0 N–H and O–H groups in total. The van der Waals surface area contributed by atoms with Crippen LogP contribution in [0.5, 0.6) is 0 Å². The molecular formula is C9H5BrFN3. The first kappa shape index (κ1) is 9.16. The van der Waals surface area contributed by atoms with Gasteiger partial charge in [-0.3, -0.25) is 4.68 Å². The van der Waals surface area contributed by atoms with Crippen LogP contribution in [0.15, 0.2) is 22.8 Å². The fourth-order valence-corrected chi connectivity index (χ4v) is 1.63. The molecule has 0 aliphatic rings. The van der Waals surface area contributed by atoms with Crippen molar-refractivity contribution in [3.63, 3.8) is 0 Å². The third-order valence-corrected chi connectivity index (χ3v) is 2.51. The Hall–Kier alpha value is -1.41. The summed E-state index contributed by atoms with van der Waals surface area (Å²) in [5.74, 6) is -0.350. The number of hydrogen-bond acceptors (Lipinski definition) is 2. The molecule has 14 heavy (non-hydrogen) atoms. The molecule has 1 aromatic carbocycles. The van der Waals surface area contributed by atoms with Crippen LogP contribution in [0.25, 0.3) is 10.9 Å². The third-order valence-electron chi connectivity index (χ3n) is 1.90. The first-order valence-corrected chi connectivity index (χ1v) is 4.69. The maximum atomic E-state index is 13.2. The van der Waals surface area contributed by atoms with Gasteiger partial charge >= 0.3 is 0 Å². The SMILES string of the molecule is N#CCn1ncc2cc(Br)c(F)cc21. The maximum absolute atomic E-state index is 13.2. The van der Waals surface area contributed by atoms with Crippen LogP contribution < -0.4 is 0 Å². The van der Waals surface area contributed by atoms with Gasteiger partial charge in [-0.15, -0.1) is 0 Å². The lowest BCUT2D eigenvalue weighted by atomic mass is 10.2. The zero-order valence-electron chi connectivity index (χ0n) is 7.04. The predicted molar refractivity (Wildman–Crippen MR) is 53.0 cm³/mol. The zero-order chi connectivity index (χ0) is 10.1. The Morgan fingerprint density at radius 3 is 3.07 bits per heavy atom. The van der Waals surface area contributed by atoms with E-state index >= 15 is 0 Å². The second kappa shape index (κ2) is 3.39. The molecule has 0 saturated heterocycles. The molecule has 0 atom stereocenters. The van der Waals surface area contributed by atoms with Crippen LogP contribution in [0.1, 0.15) is 0 Å². The van der Waals surface area contributed by atoms with Crippen LogP contribution in [0.2, 0.25) is 0 Å². The van der Waals surface area contributed by atoms with E-state index in [2.05, 4.69) is 21.0 Å². The van der Waals surface area contributed by atoms with Gasteiger partial charge in [0.25, 0.3) is 0 Å². The predicted octanol–water partition coefficient (Wildman–Crippen LogP) is 2.46. The molecule has 3 nitrogen and oxygen atoms in total. The van der Waals surface area contributed by atoms with Gasteiger partial charge in [0, 0.05) is 11.5 Å². The summed E-state index contributed by atoms with van der Waals surface area (Å²) >= 11 is 3.09. The fraction of sp³-hybridized carbons (Fsp3) is 0.111. The summed E-state index contributed by atoms with van der Waals surface area (Å²) in [4.78, 5) is 0. The Kier molecular flexibility index (Phi) is 2.22. The van der Waals surface area contributed by atoms with E-state index in [1.165, 1.54) is 10.7 Å². The van der Waals surface area contributed by atoms with Crippen molar-refractivity contribution < 1.29 is 4.39 Å². The van der Waals surface area contributed by atoms with Crippen molar-refractivity contribution in [3.8, 4) is 6.07 Å². The maximum Gasteiger partial charge on any atom is 0.139 e. The molecule has 0 spiro atoms. The van der Waals surface area contributed by atoms with Crippen LogP contribution in [0.4, 0.5) is 4.39 Å². The molecule has 0 saturated carbocycles. The average molecular weight is 254 g/mol. The Morgan fingerprint density at radius 2 is 2.36 bits per heavy atom. The normalized spacial score (nSPS) is 10.4. The van der Waals surface area contributed by atoms with Crippen molar-refractivity contribution in [2.24, 2.45) is 0 Å². The van der Waals surface area contributed by atoms with Gasteiger partial charge in [0.1, 0.15) is 12.4 Å². The smallest absolute Gasteiger partial charge is 0.139 e. The minimum atomic E-state index is -0.350. The molecule has 0 amide bonds. The van der Waals surface area contributed by atoms with Gasteiger partial charge in [0.2, 0.25) is 0 Å². The average Bonchev–Trinajstić information content (AvgIpc) is 2.51. The molecule has 1 aromatic heterocycles. The number of aromatic nitrogens is 2. The minimum absolute atomic E-state index is 0.130. The van der Waals surface area contributed by atoms with Gasteiger partial charge in [-0.05, 0) is 22.0 Å². The van der Waals surface area contributed by atoms with Crippen LogP contribution in [-0.2, 0) is 6.54 Å². The van der Waals surface area contributed by atoms with E-state index in [1.54, 1.807) is 12.3 Å². The number of halogens is 2. The molecule has 0 aliphatic heterocycles. The lowest BCUT2D eigenvalue weighted by molar-refractivity contribution is 0.621. The Bertz CT molecular complexity index is 527. The monoisotopic (exact) mass is 253 g/mol. The molecule has 0 fully saturated rings. The quantitative estimate of drug-likeness (QED) is 0.784. The summed E-state index contributed by atoms with van der Waals surface area (Å²) < 4.78 is 15.0. The van der Waals surface area contributed by atoms with Crippen molar-refractivity contribution in [1.29, 1.82) is 5.26 Å². The minimum Gasteiger partial charge on any atom is -0.251 e. The first-order valence-electron chi connectivity index (χ1n) is 3.90. The summed E-state index contributed by atoms with van der Waals surface area (Å²) in [7, 11) is 0. The number of hydrogen-bond donors (Lipinski definition) is 0. The van der Waals surface area contributed by atoms with Crippen molar-refractivity contribution in [2.75, 3.05) is 0 Å². The summed E-state index contributed by atoms with van der Waals surface area (Å²) in [5, 5.41) is 13.3. The number of rotatable bonds is 1. The summed E-state index contributed by atoms with van der Waals surface area (Å²) in [6.45, 7) is 0.130. The Morgan fingerprint density at radius 1 is 1.57 bits per heavy atom. The summed E-state index contributed by atoms with van der Waals surface area (Å²) in [5.41, 5.74) is 0.632. The molecule has 0 unspecified atom stereocenters. The highest BCUT2D eigenvalue weighted by molar-refractivity contribution is 9.10. The molecule has 0 radical (unpaired) electrons. The standard InChI is InChI=1S/C9H5BrFN3/c10-7-3-6-5-13-14(2-1-12)9(6)4-8(7)11/h3-5H,2H2. The topological polar surface area (TPSA) is 41.6 Å². The van der Waals surface area contributed by atoms with E-state index in [0.717, 1.165) is 5.39 Å². The third kappa shape index (κ3) is 1.38. The highest BCUT2D eigenvalue weighted by atomic mass is 79.9. The second-order valence-corrected chi connectivity index (χ2v) is 3.64. The van der Waals surface area contributed by atoms with Crippen molar-refractivity contribution in [2.45, 2.75) is 6.54 Å². The summed E-state index contributed by atoms with van der Waals surface area (Å²) in [6.07, 6.45) is 1.61. The van der Waals surface area contributed by atoms with Gasteiger partial charge < -0.3 is 0 Å². The van der Waals surface area contributed by atoms with E-state index in [4.69, 9.17) is 5.26 Å². The van der Waals surface area contributed by atoms with Crippen LogP contribution in [0, 0.1) is 17.1 Å². The van der Waals surface area contributed by atoms with Gasteiger partial charge in [-0.2, -0.15) is 10.4 Å². The van der Waals surface area contributed by atoms with E-state index in [1.807, 2.05) is 6.07 Å². The lowest BCUT2D eigenvalue weighted by Crippen LogP contribution is -1.97. The van der Waals surface area contributed by atoms with Crippen molar-refractivity contribution in [3.05, 3.63) is 28.6 Å². The Labute approximate surface area is 87.9 Å². The van der Waals surface area contributed by atoms with Crippen LogP contribution >= 0.6 is 15.9 Å². The largest absolute Gasteiger partial charge is 0.251 e. The summed E-state index contributed by atoms with van der Waals surface area (Å²) in [6, 6.07) is 4.97. The molecule has 70 valence electrons. The zero-order valence-corrected chi connectivity index (χ0v) is 8.62. The van der Waals surface area contributed by atoms with Gasteiger partial charge in [0.05, 0.1) is 22.3 Å². The molecule has 1 heterocycles. The molecular weight excluding hydrogens is 249 g/mol. The van der Waals surface area contributed by atoms with Crippen molar-refractivity contribution >= 4 is 26.8 Å². The van der Waals surface area contributed by atoms with Crippen molar-refractivity contribution in [1.82, 2.24) is 9.78 Å². The number of benzene rings is 1. The molecule has 2 aromatic rings. The van der Waals surface area contributed by atoms with Crippen LogP contribution in [-0.4, -0.2) is 9.78 Å². The lowest BCUT2D eigenvalue weighted by Gasteiger charge is -1.98. The number of nitriles is 1. The second-order valence-electron chi connectivity index (χ2n) is 2.79. The van der Waals surface area contributed by atoms with E-state index in [0.29, 0.717) is 9.99 Å². The molecule has 0 aliphatic carbocycles. The number of fused-ring (bicyclic) bond motifs is 1. The highest BCUT2D eigenvalue weighted by Crippen LogP contribution is 2.22. The molecule has 5 heteroatoms. The van der Waals surface area contributed by atoms with E-state index in [9.17, 15) is 4.39 Å². The van der Waals surface area contributed by atoms with Gasteiger partial charge in [-0.1, -0.05) is 0 Å². The van der Waals surface area contributed by atoms with E-state index in [-0.39, 0.29) is 12.4 Å². The molecule has 2 rings (SSSR count). The first-order chi connectivity index (χ1) is 6.72. The Balaban J connectivity index is 2.69. The fourth-order valence-electron chi connectivity index (χ4n) is 1.27. The van der Waals surface area contributed by atoms with Crippen LogP contribution in [0.3, 0.4) is 0 Å². The molecule has 0 bridgehead atoms. The van der Waals surface area contributed by atoms with Gasteiger partial charge in [0.15, 0.2) is 0 Å². The van der Waals surface area contributed by atoms with Gasteiger partial charge in [-0.25, -0.2) is 4.39 Å². The number of nitrogens with zero attached hydrogens (tertiary/aromatic N) is 3. The van der Waals surface area contributed by atoms with E-state index < -0.39 is 0 Å².